The summed E-state index contributed by atoms with van der Waals surface area (Å²) in [5, 5.41) is 7.21. The van der Waals surface area contributed by atoms with E-state index in [-0.39, 0.29) is 18.4 Å². The average molecular weight is 769 g/mol. The number of nitrogens with one attached hydrogen (secondary N) is 2. The van der Waals surface area contributed by atoms with Crippen molar-refractivity contribution in [3.05, 3.63) is 156 Å². The summed E-state index contributed by atoms with van der Waals surface area (Å²) in [6, 6.07) is 46.1. The van der Waals surface area contributed by atoms with Crippen LogP contribution >= 0.6 is 0 Å². The van der Waals surface area contributed by atoms with Gasteiger partial charge in [0.15, 0.2) is 18.1 Å². The summed E-state index contributed by atoms with van der Waals surface area (Å²) in [5.74, 6) is 3.03. The Labute approximate surface area is 339 Å². The molecule has 58 heavy (non-hydrogen) atoms. The van der Waals surface area contributed by atoms with Gasteiger partial charge in [0.2, 0.25) is 0 Å². The van der Waals surface area contributed by atoms with Crippen LogP contribution in [-0.2, 0) is 10.2 Å². The molecule has 4 fully saturated rings. The number of amides is 2. The van der Waals surface area contributed by atoms with Crippen molar-refractivity contribution in [2.75, 3.05) is 18.5 Å². The van der Waals surface area contributed by atoms with Gasteiger partial charge >= 0.3 is 0 Å². The molecule has 0 unspecified atom stereocenters. The van der Waals surface area contributed by atoms with E-state index in [1.165, 1.54) is 44.1 Å². The molecule has 4 saturated carbocycles. The van der Waals surface area contributed by atoms with Gasteiger partial charge in [0, 0.05) is 16.9 Å². The predicted octanol–water partition coefficient (Wildman–Crippen LogP) is 10.5. The summed E-state index contributed by atoms with van der Waals surface area (Å²) in [6.07, 6.45) is 9.77. The van der Waals surface area contributed by atoms with Gasteiger partial charge in [-0.1, -0.05) is 72.8 Å². The molecule has 6 aromatic rings. The quantitative estimate of drug-likeness (QED) is 0.0904. The second-order valence-corrected chi connectivity index (χ2v) is 16.2. The van der Waals surface area contributed by atoms with Crippen LogP contribution in [-0.4, -0.2) is 35.8 Å². The molecule has 1 aromatic heterocycles. The molecule has 0 atom stereocenters. The van der Waals surface area contributed by atoms with Crippen LogP contribution in [0.4, 0.5) is 5.69 Å². The number of benzene rings is 5. The van der Waals surface area contributed by atoms with Crippen LogP contribution in [0.5, 0.6) is 11.5 Å². The summed E-state index contributed by atoms with van der Waals surface area (Å²) < 4.78 is 14.0. The molecule has 1 heterocycles. The highest BCUT2D eigenvalue weighted by atomic mass is 16.5. The van der Waals surface area contributed by atoms with Crippen molar-refractivity contribution in [1.82, 2.24) is 9.99 Å². The Hall–Kier alpha value is -6.41. The van der Waals surface area contributed by atoms with Gasteiger partial charge in [-0.05, 0) is 158 Å². The summed E-state index contributed by atoms with van der Waals surface area (Å²) in [4.78, 5) is 26.1. The zero-order valence-electron chi connectivity index (χ0n) is 32.8. The monoisotopic (exact) mass is 768 g/mol. The number of anilines is 1. The molecule has 0 radical (unpaired) electrons. The number of hydrazone groups is 1. The highest BCUT2D eigenvalue weighted by Gasteiger charge is 2.51. The number of carbonyl (C=O) groups is 2. The standard InChI is InChI=1S/C50H48N4O4/c1-2-57-47-28-34(13-24-46(47)58-33-48(55)52-42-18-16-41(17-19-42)50-29-35-25-36(30-50)27-37(26-35)31-50)32-51-53-49(56)40-14-20-43(21-15-40)54-44(38-9-5-3-6-10-38)22-23-45(54)39-11-7-4-8-12-39/h3-24,28,32,35-37H,2,25-27,29-31,33H2,1H3,(H,52,55)(H,53,56)/b51-32-. The fourth-order valence-electron chi connectivity index (χ4n) is 10.1. The number of hydrogen-bond acceptors (Lipinski definition) is 5. The minimum atomic E-state index is -0.333. The van der Waals surface area contributed by atoms with Gasteiger partial charge in [0.1, 0.15) is 0 Å². The maximum Gasteiger partial charge on any atom is 0.271 e. The third-order valence-electron chi connectivity index (χ3n) is 12.2. The van der Waals surface area contributed by atoms with Gasteiger partial charge in [-0.2, -0.15) is 5.10 Å². The van der Waals surface area contributed by atoms with Crippen molar-refractivity contribution in [3.8, 4) is 39.7 Å². The molecule has 292 valence electrons. The minimum Gasteiger partial charge on any atom is -0.490 e. The van der Waals surface area contributed by atoms with Crippen LogP contribution in [0, 0.1) is 17.8 Å². The molecule has 4 aliphatic carbocycles. The second-order valence-electron chi connectivity index (χ2n) is 16.2. The van der Waals surface area contributed by atoms with Crippen LogP contribution in [0.2, 0.25) is 0 Å². The van der Waals surface area contributed by atoms with Gasteiger partial charge in [-0.15, -0.1) is 0 Å². The predicted molar refractivity (Wildman–Crippen MR) is 230 cm³/mol. The molecule has 10 rings (SSSR count). The van der Waals surface area contributed by atoms with Gasteiger partial charge in [0.05, 0.1) is 24.2 Å². The lowest BCUT2D eigenvalue weighted by molar-refractivity contribution is -0.118. The first-order valence-electron chi connectivity index (χ1n) is 20.5. The zero-order valence-corrected chi connectivity index (χ0v) is 32.8. The van der Waals surface area contributed by atoms with E-state index in [2.05, 4.69) is 68.9 Å². The third-order valence-corrected chi connectivity index (χ3v) is 12.2. The molecule has 0 saturated heterocycles. The van der Waals surface area contributed by atoms with E-state index in [0.29, 0.717) is 34.6 Å². The highest BCUT2D eigenvalue weighted by Crippen LogP contribution is 2.60. The molecule has 8 heteroatoms. The Balaban J connectivity index is 0.812. The van der Waals surface area contributed by atoms with E-state index in [4.69, 9.17) is 9.47 Å². The summed E-state index contributed by atoms with van der Waals surface area (Å²) in [5.41, 5.74) is 11.6. The minimum absolute atomic E-state index is 0.162. The number of nitrogens with zero attached hydrogens (tertiary/aromatic N) is 2. The first-order valence-corrected chi connectivity index (χ1v) is 20.5. The Morgan fingerprint density at radius 3 is 1.90 bits per heavy atom. The fourth-order valence-corrected chi connectivity index (χ4v) is 10.1. The Morgan fingerprint density at radius 1 is 0.707 bits per heavy atom. The van der Waals surface area contributed by atoms with Crippen LogP contribution in [0.3, 0.4) is 0 Å². The maximum atomic E-state index is 13.1. The molecule has 2 amide bonds. The van der Waals surface area contributed by atoms with Crippen molar-refractivity contribution in [3.63, 3.8) is 0 Å². The lowest BCUT2D eigenvalue weighted by Crippen LogP contribution is -2.48. The Bertz CT molecular complexity index is 2330. The van der Waals surface area contributed by atoms with Gasteiger partial charge in [-0.3, -0.25) is 9.59 Å². The van der Waals surface area contributed by atoms with Gasteiger partial charge in [-0.25, -0.2) is 5.43 Å². The van der Waals surface area contributed by atoms with Crippen molar-refractivity contribution >= 4 is 23.7 Å². The van der Waals surface area contributed by atoms with Crippen LogP contribution in [0.25, 0.3) is 28.2 Å². The molecule has 0 spiro atoms. The largest absolute Gasteiger partial charge is 0.490 e. The molecule has 4 bridgehead atoms. The molecule has 0 aliphatic heterocycles. The van der Waals surface area contributed by atoms with Crippen LogP contribution in [0.1, 0.15) is 66.9 Å². The molecule has 4 aliphatic rings. The number of rotatable bonds is 13. The SMILES string of the molecule is CCOc1cc(/C=N\NC(=O)c2ccc(-n3c(-c4ccccc4)ccc3-c3ccccc3)cc2)ccc1OCC(=O)Nc1ccc(C23CC4CC(CC(C4)C2)C3)cc1. The number of aromatic nitrogens is 1. The summed E-state index contributed by atoms with van der Waals surface area (Å²) in [7, 11) is 0. The number of hydrogen-bond donors (Lipinski definition) is 2. The van der Waals surface area contributed by atoms with E-state index in [0.717, 1.165) is 51.6 Å². The number of carbonyl (C=O) groups excluding carboxylic acids is 2. The first-order chi connectivity index (χ1) is 28.4. The van der Waals surface area contributed by atoms with Crippen molar-refractivity contribution in [2.45, 2.75) is 50.9 Å². The topological polar surface area (TPSA) is 93.9 Å². The van der Waals surface area contributed by atoms with E-state index >= 15 is 0 Å². The molecular formula is C50H48N4O4. The third kappa shape index (κ3) is 7.79. The number of ether oxygens (including phenoxy) is 2. The molecule has 2 N–H and O–H groups in total. The zero-order chi connectivity index (χ0) is 39.5. The van der Waals surface area contributed by atoms with Gasteiger partial charge in [0.25, 0.3) is 11.8 Å². The van der Waals surface area contributed by atoms with Crippen molar-refractivity contribution in [1.29, 1.82) is 0 Å². The Kier molecular flexibility index (Phi) is 10.4. The molecule has 5 aromatic carbocycles. The normalized spacial score (nSPS) is 20.5. The van der Waals surface area contributed by atoms with Crippen molar-refractivity contribution in [2.24, 2.45) is 22.9 Å². The van der Waals surface area contributed by atoms with E-state index in [1.807, 2.05) is 67.6 Å². The lowest BCUT2D eigenvalue weighted by atomic mass is 9.48. The summed E-state index contributed by atoms with van der Waals surface area (Å²) >= 11 is 0. The fraction of sp³-hybridized carbons (Fsp3) is 0.260. The molecular weight excluding hydrogens is 721 g/mol. The maximum absolute atomic E-state index is 13.1. The van der Waals surface area contributed by atoms with Crippen LogP contribution < -0.4 is 20.2 Å². The summed E-state index contributed by atoms with van der Waals surface area (Å²) in [6.45, 7) is 2.14. The van der Waals surface area contributed by atoms with Crippen molar-refractivity contribution < 1.29 is 19.1 Å². The van der Waals surface area contributed by atoms with E-state index < -0.39 is 0 Å². The first kappa shape index (κ1) is 37.2. The van der Waals surface area contributed by atoms with Gasteiger partial charge < -0.3 is 19.4 Å². The van der Waals surface area contributed by atoms with E-state index in [1.54, 1.807) is 36.5 Å². The van der Waals surface area contributed by atoms with Crippen LogP contribution in [0.15, 0.2) is 145 Å². The smallest absolute Gasteiger partial charge is 0.271 e. The van der Waals surface area contributed by atoms with E-state index in [9.17, 15) is 9.59 Å². The average Bonchev–Trinajstić information content (AvgIpc) is 3.69. The Morgan fingerprint density at radius 2 is 1.31 bits per heavy atom. The second kappa shape index (κ2) is 16.2. The molecule has 8 nitrogen and oxygen atoms in total. The lowest BCUT2D eigenvalue weighted by Gasteiger charge is -2.57. The highest BCUT2D eigenvalue weighted by molar-refractivity contribution is 5.95.